The fourth-order valence-corrected chi connectivity index (χ4v) is 4.68. The lowest BCUT2D eigenvalue weighted by atomic mass is 9.85. The Morgan fingerprint density at radius 3 is 2.25 bits per heavy atom. The predicted molar refractivity (Wildman–Crippen MR) is 140 cm³/mol. The summed E-state index contributed by atoms with van der Waals surface area (Å²) in [6, 6.07) is 24.9. The maximum absolute atomic E-state index is 13.7. The van der Waals surface area contributed by atoms with Crippen LogP contribution in [-0.4, -0.2) is 28.7 Å². The highest BCUT2D eigenvalue weighted by atomic mass is 16.5. The second-order valence-electron chi connectivity index (χ2n) is 9.94. The van der Waals surface area contributed by atoms with Gasteiger partial charge in [-0.3, -0.25) is 14.8 Å². The number of aromatic amines is 1. The van der Waals surface area contributed by atoms with Crippen LogP contribution in [0.2, 0.25) is 0 Å². The van der Waals surface area contributed by atoms with E-state index in [1.807, 2.05) is 30.3 Å². The van der Waals surface area contributed by atoms with Gasteiger partial charge in [-0.2, -0.15) is 5.10 Å². The smallest absolute Gasteiger partial charge is 0.338 e. The number of amides is 1. The Morgan fingerprint density at radius 1 is 0.972 bits per heavy atom. The quantitative estimate of drug-likeness (QED) is 0.341. The standard InChI is InChI=1S/C30H29N3O3/c1-5-36-29(35)21-13-17-23(18-14-21)33-27(20-11-15-22(16-12-20)30(2,3)4)24-25(19-9-7-6-8-10-19)31-32-26(24)28(33)34/h6-18,27H,5H2,1-4H3,(H,31,32). The van der Waals surface area contributed by atoms with Gasteiger partial charge in [0.2, 0.25) is 0 Å². The first-order valence-electron chi connectivity index (χ1n) is 12.1. The largest absolute Gasteiger partial charge is 0.462 e. The van der Waals surface area contributed by atoms with E-state index in [1.165, 1.54) is 5.56 Å². The number of esters is 1. The summed E-state index contributed by atoms with van der Waals surface area (Å²) in [6.07, 6.45) is 0. The van der Waals surface area contributed by atoms with Crippen LogP contribution >= 0.6 is 0 Å². The Labute approximate surface area is 210 Å². The SMILES string of the molecule is CCOC(=O)c1ccc(N2C(=O)c3[nH]nc(-c4ccccc4)c3C2c2ccc(C(C)(C)C)cc2)cc1. The Kier molecular flexibility index (Phi) is 5.96. The molecule has 0 spiro atoms. The zero-order chi connectivity index (χ0) is 25.4. The summed E-state index contributed by atoms with van der Waals surface area (Å²) in [7, 11) is 0. The van der Waals surface area contributed by atoms with Gasteiger partial charge in [-0.1, -0.05) is 75.4 Å². The molecule has 2 heterocycles. The highest BCUT2D eigenvalue weighted by molar-refractivity contribution is 6.12. The number of hydrogen-bond donors (Lipinski definition) is 1. The van der Waals surface area contributed by atoms with E-state index in [9.17, 15) is 9.59 Å². The normalized spacial score (nSPS) is 15.2. The summed E-state index contributed by atoms with van der Waals surface area (Å²) >= 11 is 0. The van der Waals surface area contributed by atoms with E-state index in [0.29, 0.717) is 23.6 Å². The van der Waals surface area contributed by atoms with Gasteiger partial charge in [0.15, 0.2) is 0 Å². The van der Waals surface area contributed by atoms with Crippen molar-refractivity contribution >= 4 is 17.6 Å². The number of carbonyl (C=O) groups excluding carboxylic acids is 2. The maximum atomic E-state index is 13.7. The van der Waals surface area contributed by atoms with Gasteiger partial charge in [0, 0.05) is 16.8 Å². The van der Waals surface area contributed by atoms with Gasteiger partial charge in [0.25, 0.3) is 5.91 Å². The summed E-state index contributed by atoms with van der Waals surface area (Å²) < 4.78 is 5.11. The maximum Gasteiger partial charge on any atom is 0.338 e. The van der Waals surface area contributed by atoms with E-state index in [2.05, 4.69) is 55.2 Å². The van der Waals surface area contributed by atoms with Crippen molar-refractivity contribution in [3.63, 3.8) is 0 Å². The molecule has 0 fully saturated rings. The topological polar surface area (TPSA) is 75.3 Å². The third-order valence-corrected chi connectivity index (χ3v) is 6.56. The number of carbonyl (C=O) groups is 2. The van der Waals surface area contributed by atoms with Gasteiger partial charge < -0.3 is 4.74 Å². The van der Waals surface area contributed by atoms with E-state index >= 15 is 0 Å². The molecule has 36 heavy (non-hydrogen) atoms. The zero-order valence-corrected chi connectivity index (χ0v) is 20.9. The van der Waals surface area contributed by atoms with Crippen molar-refractivity contribution in [1.82, 2.24) is 10.2 Å². The van der Waals surface area contributed by atoms with Crippen LogP contribution in [0, 0.1) is 0 Å². The minimum Gasteiger partial charge on any atom is -0.462 e. The van der Waals surface area contributed by atoms with E-state index in [1.54, 1.807) is 36.1 Å². The predicted octanol–water partition coefficient (Wildman–Crippen LogP) is 6.30. The van der Waals surface area contributed by atoms with Crippen LogP contribution in [0.15, 0.2) is 78.9 Å². The number of ether oxygens (including phenoxy) is 1. The van der Waals surface area contributed by atoms with E-state index in [-0.39, 0.29) is 23.3 Å². The molecule has 0 saturated heterocycles. The van der Waals surface area contributed by atoms with Crippen LogP contribution in [0.3, 0.4) is 0 Å². The van der Waals surface area contributed by atoms with Crippen molar-refractivity contribution < 1.29 is 14.3 Å². The molecule has 0 bridgehead atoms. The van der Waals surface area contributed by atoms with E-state index < -0.39 is 0 Å². The lowest BCUT2D eigenvalue weighted by Crippen LogP contribution is -2.29. The Hall–Kier alpha value is -4.19. The van der Waals surface area contributed by atoms with Crippen molar-refractivity contribution in [2.75, 3.05) is 11.5 Å². The molecule has 6 heteroatoms. The minimum atomic E-state index is -0.382. The zero-order valence-electron chi connectivity index (χ0n) is 20.9. The molecule has 182 valence electrons. The molecule has 1 aliphatic heterocycles. The van der Waals surface area contributed by atoms with Crippen LogP contribution in [0.1, 0.15) is 71.3 Å². The van der Waals surface area contributed by atoms with Crippen LogP contribution in [-0.2, 0) is 10.2 Å². The molecule has 1 atom stereocenters. The highest BCUT2D eigenvalue weighted by Crippen LogP contribution is 2.45. The lowest BCUT2D eigenvalue weighted by Gasteiger charge is -2.27. The third-order valence-electron chi connectivity index (χ3n) is 6.56. The van der Waals surface area contributed by atoms with Crippen molar-refractivity contribution in [2.24, 2.45) is 0 Å². The monoisotopic (exact) mass is 479 g/mol. The first kappa shape index (κ1) is 23.5. The molecule has 0 aliphatic carbocycles. The average Bonchev–Trinajstić information content (AvgIpc) is 3.43. The fourth-order valence-electron chi connectivity index (χ4n) is 4.68. The molecular weight excluding hydrogens is 450 g/mol. The molecule has 1 amide bonds. The van der Waals surface area contributed by atoms with Gasteiger partial charge in [0.1, 0.15) is 5.69 Å². The van der Waals surface area contributed by atoms with Crippen LogP contribution in [0.4, 0.5) is 5.69 Å². The van der Waals surface area contributed by atoms with Gasteiger partial charge in [-0.05, 0) is 47.7 Å². The minimum absolute atomic E-state index is 0.0165. The summed E-state index contributed by atoms with van der Waals surface area (Å²) in [4.78, 5) is 27.7. The molecule has 1 unspecified atom stereocenters. The summed E-state index contributed by atoms with van der Waals surface area (Å²) in [6.45, 7) is 8.62. The molecule has 1 N–H and O–H groups in total. The van der Waals surface area contributed by atoms with E-state index in [4.69, 9.17) is 4.74 Å². The Balaban J connectivity index is 1.63. The van der Waals surface area contributed by atoms with E-state index in [0.717, 1.165) is 22.4 Å². The van der Waals surface area contributed by atoms with Crippen molar-refractivity contribution in [3.05, 3.63) is 107 Å². The number of H-pyrrole nitrogens is 1. The number of rotatable bonds is 5. The molecular formula is C30H29N3O3. The van der Waals surface area contributed by atoms with Gasteiger partial charge in [-0.25, -0.2) is 4.79 Å². The molecule has 0 radical (unpaired) electrons. The number of nitrogens with one attached hydrogen (secondary N) is 1. The summed E-state index contributed by atoms with van der Waals surface area (Å²) in [5, 5.41) is 7.54. The third kappa shape index (κ3) is 4.09. The summed E-state index contributed by atoms with van der Waals surface area (Å²) in [5.74, 6) is -0.541. The number of fused-ring (bicyclic) bond motifs is 1. The average molecular weight is 480 g/mol. The van der Waals surface area contributed by atoms with Gasteiger partial charge in [-0.15, -0.1) is 0 Å². The molecule has 3 aromatic carbocycles. The van der Waals surface area contributed by atoms with Crippen molar-refractivity contribution in [1.29, 1.82) is 0 Å². The molecule has 5 rings (SSSR count). The van der Waals surface area contributed by atoms with Crippen LogP contribution in [0.25, 0.3) is 11.3 Å². The molecule has 1 aromatic heterocycles. The number of hydrogen-bond acceptors (Lipinski definition) is 4. The first-order valence-corrected chi connectivity index (χ1v) is 12.1. The summed E-state index contributed by atoms with van der Waals surface area (Å²) in [5.41, 5.74) is 6.40. The Morgan fingerprint density at radius 2 is 1.64 bits per heavy atom. The van der Waals surface area contributed by atoms with Gasteiger partial charge >= 0.3 is 5.97 Å². The van der Waals surface area contributed by atoms with Crippen LogP contribution < -0.4 is 4.90 Å². The second-order valence-corrected chi connectivity index (χ2v) is 9.94. The number of aromatic nitrogens is 2. The number of nitrogens with zero attached hydrogens (tertiary/aromatic N) is 2. The molecule has 4 aromatic rings. The molecule has 6 nitrogen and oxygen atoms in total. The second kappa shape index (κ2) is 9.11. The number of benzene rings is 3. The van der Waals surface area contributed by atoms with Gasteiger partial charge in [0.05, 0.1) is 23.9 Å². The van der Waals surface area contributed by atoms with Crippen molar-refractivity contribution in [3.8, 4) is 11.3 Å². The lowest BCUT2D eigenvalue weighted by molar-refractivity contribution is 0.0526. The van der Waals surface area contributed by atoms with Crippen LogP contribution in [0.5, 0.6) is 0 Å². The molecule has 1 aliphatic rings. The number of anilines is 1. The molecule has 0 saturated carbocycles. The first-order chi connectivity index (χ1) is 17.3. The fraction of sp³-hybridized carbons (Fsp3) is 0.233. The Bertz CT molecular complexity index is 1400. The van der Waals surface area contributed by atoms with Crippen molar-refractivity contribution in [2.45, 2.75) is 39.2 Å². The highest BCUT2D eigenvalue weighted by Gasteiger charge is 2.43.